The van der Waals surface area contributed by atoms with Gasteiger partial charge in [-0.2, -0.15) is 26.0 Å². The molecule has 0 bridgehead atoms. The molecule has 0 aliphatic carbocycles. The molecular formula is C14H9F3NO3S+. The zero-order valence-electron chi connectivity index (χ0n) is 10.9. The van der Waals surface area contributed by atoms with E-state index in [-0.39, 0.29) is 11.1 Å². The minimum absolute atomic E-state index is 0.263. The SMILES string of the molecule is O=S(=O)(Oc1cc2cccc[n+]2c2ccccc12)C(F)(F)F. The first-order valence-corrected chi connectivity index (χ1v) is 7.53. The van der Waals surface area contributed by atoms with E-state index in [2.05, 4.69) is 4.18 Å². The van der Waals surface area contributed by atoms with Crippen LogP contribution in [-0.4, -0.2) is 13.9 Å². The molecule has 114 valence electrons. The van der Waals surface area contributed by atoms with E-state index < -0.39 is 15.6 Å². The van der Waals surface area contributed by atoms with E-state index in [1.807, 2.05) is 0 Å². The van der Waals surface area contributed by atoms with Gasteiger partial charge in [-0.1, -0.05) is 12.1 Å². The Bertz CT molecular complexity index is 968. The molecule has 4 nitrogen and oxygen atoms in total. The monoisotopic (exact) mass is 328 g/mol. The van der Waals surface area contributed by atoms with E-state index >= 15 is 0 Å². The van der Waals surface area contributed by atoms with Crippen molar-refractivity contribution in [1.29, 1.82) is 0 Å². The fraction of sp³-hybridized carbons (Fsp3) is 0.0714. The maximum atomic E-state index is 12.5. The lowest BCUT2D eigenvalue weighted by atomic mass is 10.2. The average molecular weight is 328 g/mol. The van der Waals surface area contributed by atoms with Crippen molar-refractivity contribution in [1.82, 2.24) is 0 Å². The van der Waals surface area contributed by atoms with E-state index in [0.29, 0.717) is 11.0 Å². The summed E-state index contributed by atoms with van der Waals surface area (Å²) in [5, 5.41) is 0.263. The lowest BCUT2D eigenvalue weighted by Gasteiger charge is -2.10. The van der Waals surface area contributed by atoms with Crippen LogP contribution >= 0.6 is 0 Å². The third-order valence-electron chi connectivity index (χ3n) is 3.08. The molecule has 0 spiro atoms. The standard InChI is InChI=1S/C14H9F3NO3S/c15-14(16,17)22(19,20)21-13-9-10-5-3-4-8-18(10)12-7-2-1-6-11(12)13/h1-9H/q+1. The molecule has 0 N–H and O–H groups in total. The van der Waals surface area contributed by atoms with Crippen LogP contribution in [0.15, 0.2) is 54.7 Å². The van der Waals surface area contributed by atoms with Crippen LogP contribution in [0.2, 0.25) is 0 Å². The third kappa shape index (κ3) is 2.35. The summed E-state index contributed by atoms with van der Waals surface area (Å²) in [6, 6.07) is 12.8. The normalized spacial score (nSPS) is 12.7. The summed E-state index contributed by atoms with van der Waals surface area (Å²) < 4.78 is 66.1. The number of pyridine rings is 2. The largest absolute Gasteiger partial charge is 0.534 e. The van der Waals surface area contributed by atoms with E-state index in [1.54, 1.807) is 47.0 Å². The fourth-order valence-corrected chi connectivity index (χ4v) is 2.60. The lowest BCUT2D eigenvalue weighted by molar-refractivity contribution is -0.481. The van der Waals surface area contributed by atoms with E-state index in [9.17, 15) is 21.6 Å². The Morgan fingerprint density at radius 3 is 2.41 bits per heavy atom. The first-order chi connectivity index (χ1) is 10.3. The summed E-state index contributed by atoms with van der Waals surface area (Å²) in [5.41, 5.74) is -4.44. The minimum atomic E-state index is -5.72. The number of para-hydroxylation sites is 1. The van der Waals surface area contributed by atoms with E-state index in [0.717, 1.165) is 0 Å². The Morgan fingerprint density at radius 1 is 1.00 bits per heavy atom. The van der Waals surface area contributed by atoms with Gasteiger partial charge in [0, 0.05) is 18.2 Å². The van der Waals surface area contributed by atoms with Crippen molar-refractivity contribution in [3.8, 4) is 5.75 Å². The van der Waals surface area contributed by atoms with E-state index in [4.69, 9.17) is 0 Å². The minimum Gasteiger partial charge on any atom is -0.375 e. The number of benzene rings is 1. The van der Waals surface area contributed by atoms with Crippen molar-refractivity contribution in [3.63, 3.8) is 0 Å². The maximum Gasteiger partial charge on any atom is 0.534 e. The quantitative estimate of drug-likeness (QED) is 0.315. The van der Waals surface area contributed by atoms with Crippen molar-refractivity contribution in [3.05, 3.63) is 54.7 Å². The van der Waals surface area contributed by atoms with Gasteiger partial charge in [0.2, 0.25) is 11.0 Å². The lowest BCUT2D eigenvalue weighted by Crippen LogP contribution is -2.29. The van der Waals surface area contributed by atoms with Gasteiger partial charge in [0.15, 0.2) is 11.9 Å². The Balaban J connectivity index is 2.29. The highest BCUT2D eigenvalue weighted by atomic mass is 32.2. The molecular weight excluding hydrogens is 319 g/mol. The second-order valence-corrected chi connectivity index (χ2v) is 6.04. The highest BCUT2D eigenvalue weighted by molar-refractivity contribution is 7.88. The van der Waals surface area contributed by atoms with Gasteiger partial charge in [0.25, 0.3) is 0 Å². The maximum absolute atomic E-state index is 12.5. The summed E-state index contributed by atoms with van der Waals surface area (Å²) in [5.74, 6) is -0.362. The molecule has 0 fully saturated rings. The summed E-state index contributed by atoms with van der Waals surface area (Å²) in [6.45, 7) is 0. The number of rotatable bonds is 2. The Hall–Kier alpha value is -2.35. The van der Waals surface area contributed by atoms with Crippen LogP contribution in [0.3, 0.4) is 0 Å². The van der Waals surface area contributed by atoms with Crippen molar-refractivity contribution in [2.45, 2.75) is 5.51 Å². The zero-order chi connectivity index (χ0) is 16.0. The molecule has 0 aliphatic heterocycles. The van der Waals surface area contributed by atoms with Gasteiger partial charge in [0.1, 0.15) is 0 Å². The van der Waals surface area contributed by atoms with Crippen molar-refractivity contribution in [2.75, 3.05) is 0 Å². The van der Waals surface area contributed by atoms with Crippen LogP contribution in [-0.2, 0) is 10.1 Å². The topological polar surface area (TPSA) is 47.5 Å². The Labute approximate surface area is 123 Å². The molecule has 0 aliphatic rings. The van der Waals surface area contributed by atoms with Gasteiger partial charge in [0.05, 0.1) is 11.5 Å². The van der Waals surface area contributed by atoms with Crippen molar-refractivity contribution in [2.24, 2.45) is 0 Å². The molecule has 3 rings (SSSR count). The Morgan fingerprint density at radius 2 is 1.68 bits per heavy atom. The second kappa shape index (κ2) is 4.84. The number of aromatic nitrogens is 1. The third-order valence-corrected chi connectivity index (χ3v) is 4.05. The van der Waals surface area contributed by atoms with Gasteiger partial charge in [-0.25, -0.2) is 0 Å². The molecule has 0 unspecified atom stereocenters. The smallest absolute Gasteiger partial charge is 0.375 e. The van der Waals surface area contributed by atoms with Crippen LogP contribution < -0.4 is 8.58 Å². The fourth-order valence-electron chi connectivity index (χ4n) is 2.13. The highest BCUT2D eigenvalue weighted by Crippen LogP contribution is 2.31. The molecule has 2 heterocycles. The number of alkyl halides is 3. The summed E-state index contributed by atoms with van der Waals surface area (Å²) in [4.78, 5) is 0. The molecule has 3 aromatic rings. The predicted molar refractivity (Wildman–Crippen MR) is 72.7 cm³/mol. The van der Waals surface area contributed by atoms with Gasteiger partial charge in [-0.3, -0.25) is 0 Å². The number of hydrogen-bond acceptors (Lipinski definition) is 3. The molecule has 22 heavy (non-hydrogen) atoms. The van der Waals surface area contributed by atoms with Crippen LogP contribution in [0.1, 0.15) is 0 Å². The first-order valence-electron chi connectivity index (χ1n) is 6.12. The van der Waals surface area contributed by atoms with Crippen LogP contribution in [0.5, 0.6) is 5.75 Å². The molecule has 0 amide bonds. The number of hydrogen-bond donors (Lipinski definition) is 0. The van der Waals surface area contributed by atoms with Crippen molar-refractivity contribution < 1.29 is 30.2 Å². The predicted octanol–water partition coefficient (Wildman–Crippen LogP) is 2.81. The van der Waals surface area contributed by atoms with Crippen LogP contribution in [0.4, 0.5) is 13.2 Å². The Kier molecular flexibility index (Phi) is 3.21. The van der Waals surface area contributed by atoms with Gasteiger partial charge in [-0.15, -0.1) is 0 Å². The van der Waals surface area contributed by atoms with E-state index in [1.165, 1.54) is 12.1 Å². The molecule has 0 saturated carbocycles. The molecule has 0 radical (unpaired) electrons. The van der Waals surface area contributed by atoms with Gasteiger partial charge >= 0.3 is 15.6 Å². The van der Waals surface area contributed by atoms with Gasteiger partial charge < -0.3 is 4.18 Å². The molecule has 1 aromatic carbocycles. The van der Waals surface area contributed by atoms with Crippen LogP contribution in [0, 0.1) is 0 Å². The molecule has 2 aromatic heterocycles. The summed E-state index contributed by atoms with van der Waals surface area (Å²) in [7, 11) is -5.72. The summed E-state index contributed by atoms with van der Waals surface area (Å²) in [6.07, 6.45) is 1.72. The number of nitrogens with zero attached hydrogens (tertiary/aromatic N) is 1. The second-order valence-electron chi connectivity index (χ2n) is 4.50. The molecule has 0 atom stereocenters. The first kappa shape index (κ1) is 14.6. The summed E-state index contributed by atoms with van der Waals surface area (Å²) >= 11 is 0. The number of fused-ring (bicyclic) bond motifs is 3. The molecule has 8 heteroatoms. The van der Waals surface area contributed by atoms with Crippen molar-refractivity contribution >= 4 is 26.5 Å². The number of halogens is 3. The molecule has 0 saturated heterocycles. The average Bonchev–Trinajstić information content (AvgIpc) is 2.46. The van der Waals surface area contributed by atoms with Gasteiger partial charge in [-0.05, 0) is 12.1 Å². The highest BCUT2D eigenvalue weighted by Gasteiger charge is 2.49. The van der Waals surface area contributed by atoms with Crippen LogP contribution in [0.25, 0.3) is 16.4 Å². The zero-order valence-corrected chi connectivity index (χ0v) is 11.7.